The third kappa shape index (κ3) is 5.44. The molecule has 0 spiro atoms. The number of nitrogens with zero attached hydrogens (tertiary/aromatic N) is 6. The molecule has 5 rings (SSSR count). The first-order chi connectivity index (χ1) is 17.8. The zero-order chi connectivity index (χ0) is 26.1. The van der Waals surface area contributed by atoms with Gasteiger partial charge in [0.1, 0.15) is 5.82 Å². The molecule has 1 unspecified atom stereocenters. The maximum absolute atomic E-state index is 12.9. The average molecular weight is 522 g/mol. The van der Waals surface area contributed by atoms with Crippen molar-refractivity contribution < 1.29 is 9.59 Å². The Labute approximate surface area is 222 Å². The van der Waals surface area contributed by atoms with E-state index in [4.69, 9.17) is 9.97 Å². The number of carbonyl (C=O) groups excluding carboxylic acids is 2. The van der Waals surface area contributed by atoms with Gasteiger partial charge in [0.25, 0.3) is 0 Å². The molecule has 0 aliphatic carbocycles. The largest absolute Gasteiger partial charge is 0.356 e. The normalized spacial score (nSPS) is 18.0. The summed E-state index contributed by atoms with van der Waals surface area (Å²) in [5, 5.41) is 9.68. The minimum Gasteiger partial charge on any atom is -0.356 e. The topological polar surface area (TPSA) is 96.2 Å². The van der Waals surface area contributed by atoms with Crippen molar-refractivity contribution in [3.63, 3.8) is 0 Å². The van der Waals surface area contributed by atoms with Gasteiger partial charge in [-0.15, -0.1) is 0 Å². The summed E-state index contributed by atoms with van der Waals surface area (Å²) in [5.74, 6) is 0.487. The molecule has 2 aliphatic rings. The van der Waals surface area contributed by atoms with Gasteiger partial charge in [0, 0.05) is 43.5 Å². The maximum atomic E-state index is 12.9. The van der Waals surface area contributed by atoms with Crippen LogP contribution in [0.15, 0.2) is 29.6 Å². The van der Waals surface area contributed by atoms with Crippen molar-refractivity contribution in [3.8, 4) is 0 Å². The van der Waals surface area contributed by atoms with Crippen LogP contribution in [0.4, 0.5) is 11.5 Å². The number of anilines is 2. The Morgan fingerprint density at radius 3 is 2.68 bits per heavy atom. The Hall–Kier alpha value is -3.14. The number of benzene rings is 1. The lowest BCUT2D eigenvalue weighted by molar-refractivity contribution is -0.126. The third-order valence-corrected chi connectivity index (χ3v) is 7.99. The van der Waals surface area contributed by atoms with Gasteiger partial charge in [-0.3, -0.25) is 9.59 Å². The van der Waals surface area contributed by atoms with Crippen LogP contribution in [0.5, 0.6) is 0 Å². The third-order valence-electron chi connectivity index (χ3n) is 7.12. The molecule has 1 aromatic carbocycles. The van der Waals surface area contributed by atoms with E-state index < -0.39 is 0 Å². The van der Waals surface area contributed by atoms with Crippen molar-refractivity contribution in [3.05, 3.63) is 35.5 Å². The zero-order valence-corrected chi connectivity index (χ0v) is 22.8. The van der Waals surface area contributed by atoms with Crippen LogP contribution < -0.4 is 15.1 Å². The molecule has 2 aromatic heterocycles. The van der Waals surface area contributed by atoms with E-state index in [2.05, 4.69) is 29.2 Å². The minimum atomic E-state index is -0.360. The summed E-state index contributed by atoms with van der Waals surface area (Å²) in [6.07, 6.45) is 4.41. The zero-order valence-electron chi connectivity index (χ0n) is 22.0. The number of rotatable bonds is 8. The van der Waals surface area contributed by atoms with Crippen LogP contribution in [0.2, 0.25) is 0 Å². The predicted molar refractivity (Wildman–Crippen MR) is 147 cm³/mol. The van der Waals surface area contributed by atoms with Gasteiger partial charge in [0.15, 0.2) is 10.8 Å². The molecular formula is C27H35N7O2S. The Morgan fingerprint density at radius 1 is 1.16 bits per heavy atom. The average Bonchev–Trinajstić information content (AvgIpc) is 3.61. The number of aryl methyl sites for hydroxylation is 2. The molecule has 0 bridgehead atoms. The van der Waals surface area contributed by atoms with Crippen molar-refractivity contribution in [2.75, 3.05) is 36.0 Å². The Balaban J connectivity index is 1.25. The van der Waals surface area contributed by atoms with E-state index in [0.717, 1.165) is 46.3 Å². The standard InChI is InChI=1S/C27H35N7O2S/c1-17(2)37-27-30-24(32-10-5-6-11-32)22-15-29-34(25(22)31-27)12-9-28-26(36)20-14-23(35)33(16-20)21-8-7-18(3)19(4)13-21/h7-8,13,15,17,20H,5-6,9-12,14,16H2,1-4H3,(H,28,36). The van der Waals surface area contributed by atoms with Gasteiger partial charge in [0.05, 0.1) is 24.0 Å². The molecule has 4 heterocycles. The first kappa shape index (κ1) is 25.5. The Bertz CT molecular complexity index is 1320. The summed E-state index contributed by atoms with van der Waals surface area (Å²) >= 11 is 1.65. The molecule has 196 valence electrons. The number of aromatic nitrogens is 4. The van der Waals surface area contributed by atoms with Crippen LogP contribution in [-0.2, 0) is 16.1 Å². The van der Waals surface area contributed by atoms with Crippen LogP contribution >= 0.6 is 11.8 Å². The molecule has 1 atom stereocenters. The second-order valence-corrected chi connectivity index (χ2v) is 11.8. The molecule has 37 heavy (non-hydrogen) atoms. The highest BCUT2D eigenvalue weighted by Gasteiger charge is 2.35. The van der Waals surface area contributed by atoms with Crippen LogP contribution in [0, 0.1) is 19.8 Å². The molecule has 9 nitrogen and oxygen atoms in total. The number of hydrogen-bond acceptors (Lipinski definition) is 7. The van der Waals surface area contributed by atoms with Gasteiger partial charge in [0.2, 0.25) is 11.8 Å². The molecule has 2 amide bonds. The van der Waals surface area contributed by atoms with Crippen LogP contribution in [0.1, 0.15) is 44.2 Å². The highest BCUT2D eigenvalue weighted by molar-refractivity contribution is 7.99. The van der Waals surface area contributed by atoms with Gasteiger partial charge in [-0.2, -0.15) is 5.10 Å². The van der Waals surface area contributed by atoms with E-state index in [9.17, 15) is 9.59 Å². The SMILES string of the molecule is Cc1ccc(N2CC(C(=O)NCCn3ncc4c(N5CCCC5)nc(SC(C)C)nc43)CC2=O)cc1C. The lowest BCUT2D eigenvalue weighted by Gasteiger charge is -2.18. The predicted octanol–water partition coefficient (Wildman–Crippen LogP) is 3.71. The van der Waals surface area contributed by atoms with Gasteiger partial charge in [-0.25, -0.2) is 14.6 Å². The van der Waals surface area contributed by atoms with E-state index in [0.29, 0.717) is 24.9 Å². The van der Waals surface area contributed by atoms with Crippen molar-refractivity contribution in [1.29, 1.82) is 0 Å². The Morgan fingerprint density at radius 2 is 1.95 bits per heavy atom. The molecular weight excluding hydrogens is 486 g/mol. The van der Waals surface area contributed by atoms with Crippen molar-refractivity contribution in [2.45, 2.75) is 63.9 Å². The number of carbonyl (C=O) groups is 2. The lowest BCUT2D eigenvalue weighted by Crippen LogP contribution is -2.35. The maximum Gasteiger partial charge on any atom is 0.227 e. The molecule has 10 heteroatoms. The van der Waals surface area contributed by atoms with Crippen LogP contribution in [0.3, 0.4) is 0 Å². The summed E-state index contributed by atoms with van der Waals surface area (Å²) in [6, 6.07) is 5.98. The Kier molecular flexibility index (Phi) is 7.37. The second kappa shape index (κ2) is 10.7. The highest BCUT2D eigenvalue weighted by Crippen LogP contribution is 2.31. The fourth-order valence-electron chi connectivity index (χ4n) is 4.97. The summed E-state index contributed by atoms with van der Waals surface area (Å²) in [7, 11) is 0. The smallest absolute Gasteiger partial charge is 0.227 e. The van der Waals surface area contributed by atoms with E-state index >= 15 is 0 Å². The molecule has 3 aromatic rings. The van der Waals surface area contributed by atoms with E-state index in [1.54, 1.807) is 16.7 Å². The quantitative estimate of drug-likeness (QED) is 0.357. The number of amides is 2. The molecule has 2 fully saturated rings. The van der Waals surface area contributed by atoms with Crippen LogP contribution in [-0.4, -0.2) is 63.0 Å². The van der Waals surface area contributed by atoms with Gasteiger partial charge in [-0.1, -0.05) is 31.7 Å². The van der Waals surface area contributed by atoms with E-state index in [1.165, 1.54) is 18.4 Å². The lowest BCUT2D eigenvalue weighted by atomic mass is 10.1. The minimum absolute atomic E-state index is 0.0113. The summed E-state index contributed by atoms with van der Waals surface area (Å²) in [6.45, 7) is 11.7. The van der Waals surface area contributed by atoms with E-state index in [1.807, 2.05) is 42.9 Å². The summed E-state index contributed by atoms with van der Waals surface area (Å²) in [4.78, 5) is 39.3. The van der Waals surface area contributed by atoms with Crippen molar-refractivity contribution in [1.82, 2.24) is 25.1 Å². The summed E-state index contributed by atoms with van der Waals surface area (Å²) < 4.78 is 1.85. The fraction of sp³-hybridized carbons (Fsp3) is 0.519. The number of thioether (sulfide) groups is 1. The van der Waals surface area contributed by atoms with Gasteiger partial charge < -0.3 is 15.1 Å². The second-order valence-electron chi connectivity index (χ2n) is 10.3. The van der Waals surface area contributed by atoms with Crippen LogP contribution in [0.25, 0.3) is 11.0 Å². The number of fused-ring (bicyclic) bond motifs is 1. The fourth-order valence-corrected chi connectivity index (χ4v) is 5.67. The van der Waals surface area contributed by atoms with Gasteiger partial charge in [-0.05, 0) is 49.9 Å². The highest BCUT2D eigenvalue weighted by atomic mass is 32.2. The molecule has 0 saturated carbocycles. The monoisotopic (exact) mass is 521 g/mol. The number of hydrogen-bond donors (Lipinski definition) is 1. The first-order valence-corrected chi connectivity index (χ1v) is 14.0. The number of nitrogens with one attached hydrogen (secondary N) is 1. The van der Waals surface area contributed by atoms with Gasteiger partial charge >= 0.3 is 0 Å². The summed E-state index contributed by atoms with van der Waals surface area (Å²) in [5.41, 5.74) is 3.97. The first-order valence-electron chi connectivity index (χ1n) is 13.1. The molecule has 0 radical (unpaired) electrons. The molecule has 2 aliphatic heterocycles. The van der Waals surface area contributed by atoms with Crippen molar-refractivity contribution >= 4 is 46.1 Å². The molecule has 1 N–H and O–H groups in total. The molecule has 2 saturated heterocycles. The van der Waals surface area contributed by atoms with E-state index in [-0.39, 0.29) is 24.2 Å². The van der Waals surface area contributed by atoms with Crippen molar-refractivity contribution in [2.24, 2.45) is 5.92 Å².